The van der Waals surface area contributed by atoms with Gasteiger partial charge in [-0.25, -0.2) is 0 Å². The zero-order valence-corrected chi connectivity index (χ0v) is 14.3. The Morgan fingerprint density at radius 3 is 2.38 bits per heavy atom. The van der Waals surface area contributed by atoms with Gasteiger partial charge in [-0.15, -0.1) is 0 Å². The summed E-state index contributed by atoms with van der Waals surface area (Å²) in [7, 11) is -2.77. The van der Waals surface area contributed by atoms with E-state index >= 15 is 0 Å². The van der Waals surface area contributed by atoms with Crippen LogP contribution in [0.25, 0.3) is 0 Å². The van der Waals surface area contributed by atoms with Crippen LogP contribution in [0.4, 0.5) is 4.11 Å². The van der Waals surface area contributed by atoms with Gasteiger partial charge >= 0.3 is 0 Å². The van der Waals surface area contributed by atoms with Crippen LogP contribution >= 0.6 is 0 Å². The molecule has 1 fully saturated rings. The molecule has 2 nitrogen and oxygen atoms in total. The summed E-state index contributed by atoms with van der Waals surface area (Å²) >= 11 is 0. The first-order valence-electron chi connectivity index (χ1n) is 7.92. The molecule has 1 heterocycles. The van der Waals surface area contributed by atoms with E-state index in [9.17, 15) is 9.21 Å². The summed E-state index contributed by atoms with van der Waals surface area (Å²) in [5, 5.41) is 9.20. The van der Waals surface area contributed by atoms with Crippen molar-refractivity contribution in [2.75, 3.05) is 6.61 Å². The van der Waals surface area contributed by atoms with Crippen LogP contribution in [0, 0.1) is 5.92 Å². The first-order valence-corrected chi connectivity index (χ1v) is 10.9. The Labute approximate surface area is 128 Å². The zero-order chi connectivity index (χ0) is 15.5. The number of aliphatic hydroxyl groups excluding tert-OH is 1. The van der Waals surface area contributed by atoms with Crippen molar-refractivity contribution >= 4 is 8.41 Å². The third kappa shape index (κ3) is 4.15. The van der Waals surface area contributed by atoms with Crippen LogP contribution in [-0.2, 0) is 11.2 Å². The average molecular weight is 310 g/mol. The minimum atomic E-state index is -2.77. The van der Waals surface area contributed by atoms with Crippen LogP contribution in [0.5, 0.6) is 0 Å². The Kier molecular flexibility index (Phi) is 5.58. The highest BCUT2D eigenvalue weighted by Gasteiger charge is 2.50. The van der Waals surface area contributed by atoms with E-state index in [1.54, 1.807) is 13.1 Å². The number of benzene rings is 1. The number of aryl methyl sites for hydroxylation is 1. The van der Waals surface area contributed by atoms with Gasteiger partial charge in [0.05, 0.1) is 12.2 Å². The quantitative estimate of drug-likeness (QED) is 0.637. The molecule has 0 radical (unpaired) electrons. The second-order valence-electron chi connectivity index (χ2n) is 6.70. The highest BCUT2D eigenvalue weighted by Crippen LogP contribution is 2.46. The monoisotopic (exact) mass is 310 g/mol. The molecule has 21 heavy (non-hydrogen) atoms. The van der Waals surface area contributed by atoms with E-state index < -0.39 is 8.41 Å². The number of hydrogen-bond acceptors (Lipinski definition) is 2. The van der Waals surface area contributed by atoms with Crippen molar-refractivity contribution in [2.24, 2.45) is 5.92 Å². The van der Waals surface area contributed by atoms with E-state index in [1.807, 2.05) is 18.2 Å². The lowest BCUT2D eigenvalue weighted by Gasteiger charge is -2.28. The van der Waals surface area contributed by atoms with E-state index in [1.165, 1.54) is 5.56 Å². The highest BCUT2D eigenvalue weighted by atomic mass is 28.4. The van der Waals surface area contributed by atoms with Gasteiger partial charge in [-0.2, -0.15) is 0 Å². The fourth-order valence-corrected chi connectivity index (χ4v) is 6.32. The molecule has 118 valence electrons. The minimum Gasteiger partial charge on any atom is -0.396 e. The van der Waals surface area contributed by atoms with Gasteiger partial charge in [-0.05, 0) is 43.8 Å². The zero-order valence-electron chi connectivity index (χ0n) is 13.3. The van der Waals surface area contributed by atoms with Crippen LogP contribution in [0.2, 0.25) is 18.6 Å². The largest absolute Gasteiger partial charge is 0.396 e. The molecule has 2 rings (SSSR count). The molecule has 1 saturated heterocycles. The SMILES string of the molecule is C[C@H]1[C@H]([Si](C)(C)F)[C@@H](CCO)O[C@H]1CCc1ccccc1. The second-order valence-corrected chi connectivity index (χ2v) is 10.5. The average Bonchev–Trinajstić information content (AvgIpc) is 2.74. The molecule has 0 unspecified atom stereocenters. The lowest BCUT2D eigenvalue weighted by Crippen LogP contribution is -2.36. The third-order valence-electron chi connectivity index (χ3n) is 4.67. The maximum absolute atomic E-state index is 14.6. The van der Waals surface area contributed by atoms with Crippen molar-refractivity contribution in [2.45, 2.75) is 57.0 Å². The molecule has 4 atom stereocenters. The maximum Gasteiger partial charge on any atom is 0.246 e. The molecule has 0 amide bonds. The maximum atomic E-state index is 14.6. The molecular weight excluding hydrogens is 283 g/mol. The molecule has 1 aromatic carbocycles. The topological polar surface area (TPSA) is 29.5 Å². The molecule has 0 bridgehead atoms. The summed E-state index contributed by atoms with van der Waals surface area (Å²) in [6.07, 6.45) is 2.43. The Morgan fingerprint density at radius 1 is 1.14 bits per heavy atom. The smallest absolute Gasteiger partial charge is 0.246 e. The van der Waals surface area contributed by atoms with Gasteiger partial charge in [0.1, 0.15) is 0 Å². The minimum absolute atomic E-state index is 0.00887. The normalized spacial score (nSPS) is 29.8. The van der Waals surface area contributed by atoms with Gasteiger partial charge in [-0.1, -0.05) is 37.3 Å². The van der Waals surface area contributed by atoms with E-state index in [2.05, 4.69) is 19.1 Å². The van der Waals surface area contributed by atoms with E-state index in [4.69, 9.17) is 4.74 Å². The van der Waals surface area contributed by atoms with Gasteiger partial charge in [0.15, 0.2) is 0 Å². The van der Waals surface area contributed by atoms with Crippen LogP contribution < -0.4 is 0 Å². The van der Waals surface area contributed by atoms with Crippen LogP contribution in [0.15, 0.2) is 30.3 Å². The fraction of sp³-hybridized carbons (Fsp3) is 0.647. The lowest BCUT2D eigenvalue weighted by atomic mass is 9.95. The van der Waals surface area contributed by atoms with Crippen LogP contribution in [0.1, 0.15) is 25.3 Å². The van der Waals surface area contributed by atoms with Crippen molar-refractivity contribution in [3.05, 3.63) is 35.9 Å². The molecule has 0 saturated carbocycles. The number of aliphatic hydroxyl groups is 1. The predicted octanol–water partition coefficient (Wildman–Crippen LogP) is 3.95. The second kappa shape index (κ2) is 7.03. The van der Waals surface area contributed by atoms with Crippen molar-refractivity contribution in [1.29, 1.82) is 0 Å². The summed E-state index contributed by atoms with van der Waals surface area (Å²) < 4.78 is 20.7. The van der Waals surface area contributed by atoms with Crippen molar-refractivity contribution in [3.8, 4) is 0 Å². The van der Waals surface area contributed by atoms with Crippen molar-refractivity contribution < 1.29 is 14.0 Å². The van der Waals surface area contributed by atoms with Crippen molar-refractivity contribution in [3.63, 3.8) is 0 Å². The Hall–Kier alpha value is -0.713. The molecule has 0 spiro atoms. The summed E-state index contributed by atoms with van der Waals surface area (Å²) in [6, 6.07) is 10.3. The van der Waals surface area contributed by atoms with Gasteiger partial charge in [0.25, 0.3) is 0 Å². The number of hydrogen-bond donors (Lipinski definition) is 1. The van der Waals surface area contributed by atoms with Gasteiger partial charge in [0.2, 0.25) is 8.41 Å². The molecule has 4 heteroatoms. The first kappa shape index (κ1) is 16.7. The molecule has 1 aliphatic rings. The van der Waals surface area contributed by atoms with Crippen molar-refractivity contribution in [1.82, 2.24) is 0 Å². The Balaban J connectivity index is 2.01. The van der Waals surface area contributed by atoms with Crippen LogP contribution in [-0.4, -0.2) is 32.3 Å². The number of rotatable bonds is 6. The van der Waals surface area contributed by atoms with E-state index in [-0.39, 0.29) is 30.3 Å². The fourth-order valence-electron chi connectivity index (χ4n) is 3.73. The van der Waals surface area contributed by atoms with E-state index in [0.29, 0.717) is 6.42 Å². The molecule has 1 aromatic rings. The van der Waals surface area contributed by atoms with Crippen LogP contribution in [0.3, 0.4) is 0 Å². The molecule has 0 aromatic heterocycles. The molecule has 1 aliphatic heterocycles. The van der Waals surface area contributed by atoms with Gasteiger partial charge in [-0.3, -0.25) is 0 Å². The Morgan fingerprint density at radius 2 is 1.81 bits per heavy atom. The number of ether oxygens (including phenoxy) is 1. The molecule has 0 aliphatic carbocycles. The predicted molar refractivity (Wildman–Crippen MR) is 86.6 cm³/mol. The third-order valence-corrected chi connectivity index (χ3v) is 7.15. The van der Waals surface area contributed by atoms with Gasteiger partial charge in [0, 0.05) is 12.1 Å². The lowest BCUT2D eigenvalue weighted by molar-refractivity contribution is 0.0193. The summed E-state index contributed by atoms with van der Waals surface area (Å²) in [6.45, 7) is 5.72. The summed E-state index contributed by atoms with van der Waals surface area (Å²) in [5.41, 5.74) is 1.29. The Bertz CT molecular complexity index is 432. The standard InChI is InChI=1S/C17H27FO2Si/c1-13-15(10-9-14-7-5-4-6-8-14)20-16(11-12-19)17(13)21(2,3)18/h4-8,13,15-17,19H,9-12H2,1-3H3/t13-,15+,16-,17+/m1/s1. The molecular formula is C17H27FO2Si. The summed E-state index contributed by atoms with van der Waals surface area (Å²) in [5.74, 6) is 0.233. The number of halogens is 1. The highest BCUT2D eigenvalue weighted by molar-refractivity contribution is 6.72. The van der Waals surface area contributed by atoms with Gasteiger partial charge < -0.3 is 14.0 Å². The molecule has 1 N–H and O–H groups in total. The summed E-state index contributed by atoms with van der Waals surface area (Å²) in [4.78, 5) is 0. The van der Waals surface area contributed by atoms with E-state index in [0.717, 1.165) is 12.8 Å². The first-order chi connectivity index (χ1) is 9.93.